The van der Waals surface area contributed by atoms with Crippen LogP contribution in [-0.2, 0) is 11.2 Å². The zero-order valence-electron chi connectivity index (χ0n) is 17.8. The average Bonchev–Trinajstić information content (AvgIpc) is 3.44. The maximum absolute atomic E-state index is 12.7. The summed E-state index contributed by atoms with van der Waals surface area (Å²) in [6, 6.07) is 18.4. The predicted octanol–water partition coefficient (Wildman–Crippen LogP) is 5.91. The van der Waals surface area contributed by atoms with Crippen LogP contribution in [0.25, 0.3) is 16.4 Å². The molecule has 2 aromatic heterocycles. The Bertz CT molecular complexity index is 1180. The van der Waals surface area contributed by atoms with E-state index in [2.05, 4.69) is 59.7 Å². The van der Waals surface area contributed by atoms with Crippen molar-refractivity contribution in [2.75, 3.05) is 11.1 Å². The Morgan fingerprint density at radius 1 is 1.06 bits per heavy atom. The highest BCUT2D eigenvalue weighted by molar-refractivity contribution is 7.99. The molecule has 0 fully saturated rings. The molecule has 0 aliphatic rings. The molecule has 0 saturated heterocycles. The first kappa shape index (κ1) is 21.3. The van der Waals surface area contributed by atoms with Crippen LogP contribution in [0.2, 0.25) is 0 Å². The van der Waals surface area contributed by atoms with Gasteiger partial charge in [0.15, 0.2) is 11.0 Å². The highest BCUT2D eigenvalue weighted by Gasteiger charge is 2.18. The number of amides is 1. The Kier molecular flexibility index (Phi) is 6.53. The number of thiophene rings is 1. The summed E-state index contributed by atoms with van der Waals surface area (Å²) in [4.78, 5) is 13.8. The van der Waals surface area contributed by atoms with Crippen LogP contribution in [0.5, 0.6) is 0 Å². The molecule has 1 amide bonds. The molecule has 1 N–H and O–H groups in total. The minimum atomic E-state index is -0.0508. The van der Waals surface area contributed by atoms with Gasteiger partial charge in [0.25, 0.3) is 0 Å². The second-order valence-corrected chi connectivity index (χ2v) is 9.14. The number of benzene rings is 2. The Labute approximate surface area is 190 Å². The van der Waals surface area contributed by atoms with Crippen molar-refractivity contribution in [3.05, 3.63) is 76.7 Å². The third kappa shape index (κ3) is 4.73. The number of para-hydroxylation sites is 1. The van der Waals surface area contributed by atoms with Gasteiger partial charge in [-0.25, -0.2) is 0 Å². The van der Waals surface area contributed by atoms with Crippen LogP contribution >= 0.6 is 23.1 Å². The molecule has 0 bridgehead atoms. The van der Waals surface area contributed by atoms with E-state index in [1.807, 2.05) is 41.1 Å². The number of hydrogen-bond donors (Lipinski definition) is 1. The Morgan fingerprint density at radius 3 is 2.58 bits per heavy atom. The molecule has 4 aromatic rings. The van der Waals surface area contributed by atoms with E-state index >= 15 is 0 Å². The van der Waals surface area contributed by atoms with E-state index in [-0.39, 0.29) is 11.7 Å². The molecular formula is C24H24N4OS2. The lowest BCUT2D eigenvalue weighted by Crippen LogP contribution is -2.16. The normalized spacial score (nSPS) is 10.9. The monoisotopic (exact) mass is 448 g/mol. The molecule has 2 heterocycles. The first-order chi connectivity index (χ1) is 15.1. The largest absolute Gasteiger partial charge is 0.325 e. The SMILES string of the molecule is CCc1cccc(C)c1NC(=O)CSc1nnc(-c2cccs2)n1-c1ccc(C)cc1. The molecule has 31 heavy (non-hydrogen) atoms. The van der Waals surface area contributed by atoms with Crippen LogP contribution in [-0.4, -0.2) is 26.4 Å². The molecule has 0 spiro atoms. The Hall–Kier alpha value is -2.90. The van der Waals surface area contributed by atoms with Crippen LogP contribution < -0.4 is 5.32 Å². The number of carbonyl (C=O) groups excluding carboxylic acids is 1. The average molecular weight is 449 g/mol. The minimum absolute atomic E-state index is 0.0508. The maximum atomic E-state index is 12.7. The van der Waals surface area contributed by atoms with Crippen molar-refractivity contribution in [2.45, 2.75) is 32.3 Å². The molecule has 0 aliphatic carbocycles. The summed E-state index contributed by atoms with van der Waals surface area (Å²) in [5.41, 5.74) is 5.29. The minimum Gasteiger partial charge on any atom is -0.325 e. The van der Waals surface area contributed by atoms with Gasteiger partial charge in [0, 0.05) is 11.4 Å². The fourth-order valence-electron chi connectivity index (χ4n) is 3.36. The molecule has 4 rings (SSSR count). The van der Waals surface area contributed by atoms with Gasteiger partial charge >= 0.3 is 0 Å². The highest BCUT2D eigenvalue weighted by Crippen LogP contribution is 2.31. The molecule has 0 radical (unpaired) electrons. The molecule has 0 unspecified atom stereocenters. The number of hydrogen-bond acceptors (Lipinski definition) is 5. The molecule has 7 heteroatoms. The standard InChI is InChI=1S/C24H24N4OS2/c1-4-18-8-5-7-17(3)22(18)25-21(29)15-31-24-27-26-23(20-9-6-14-30-20)28(24)19-12-10-16(2)11-13-19/h5-14H,4,15H2,1-3H3,(H,25,29). The zero-order valence-corrected chi connectivity index (χ0v) is 19.4. The van der Waals surface area contributed by atoms with E-state index in [1.54, 1.807) is 11.3 Å². The quantitative estimate of drug-likeness (QED) is 0.357. The summed E-state index contributed by atoms with van der Waals surface area (Å²) in [7, 11) is 0. The summed E-state index contributed by atoms with van der Waals surface area (Å²) in [5.74, 6) is 0.991. The molecule has 158 valence electrons. The van der Waals surface area contributed by atoms with Gasteiger partial charge in [0.05, 0.1) is 10.6 Å². The summed E-state index contributed by atoms with van der Waals surface area (Å²) in [6.07, 6.45) is 0.871. The van der Waals surface area contributed by atoms with Gasteiger partial charge in [-0.15, -0.1) is 21.5 Å². The van der Waals surface area contributed by atoms with E-state index in [0.717, 1.165) is 39.6 Å². The number of nitrogens with one attached hydrogen (secondary N) is 1. The number of nitrogens with zero attached hydrogens (tertiary/aromatic N) is 3. The molecule has 0 atom stereocenters. The third-order valence-electron chi connectivity index (χ3n) is 5.00. The van der Waals surface area contributed by atoms with E-state index in [1.165, 1.54) is 17.3 Å². The van der Waals surface area contributed by atoms with Crippen LogP contribution in [0.15, 0.2) is 65.1 Å². The lowest BCUT2D eigenvalue weighted by atomic mass is 10.1. The zero-order chi connectivity index (χ0) is 21.8. The van der Waals surface area contributed by atoms with Gasteiger partial charge in [0.2, 0.25) is 5.91 Å². The molecule has 0 aliphatic heterocycles. The van der Waals surface area contributed by atoms with E-state index in [4.69, 9.17) is 0 Å². The number of aryl methyl sites for hydroxylation is 3. The van der Waals surface area contributed by atoms with Crippen molar-refractivity contribution in [1.29, 1.82) is 0 Å². The fraction of sp³-hybridized carbons (Fsp3) is 0.208. The van der Waals surface area contributed by atoms with E-state index < -0.39 is 0 Å². The van der Waals surface area contributed by atoms with E-state index in [0.29, 0.717) is 5.16 Å². The van der Waals surface area contributed by atoms with Gasteiger partial charge < -0.3 is 5.32 Å². The molecular weight excluding hydrogens is 424 g/mol. The van der Waals surface area contributed by atoms with Gasteiger partial charge in [0.1, 0.15) is 0 Å². The number of anilines is 1. The summed E-state index contributed by atoms with van der Waals surface area (Å²) in [5, 5.41) is 14.6. The number of rotatable bonds is 7. The number of thioether (sulfide) groups is 1. The van der Waals surface area contributed by atoms with Gasteiger partial charge in [-0.2, -0.15) is 0 Å². The predicted molar refractivity (Wildman–Crippen MR) is 129 cm³/mol. The Morgan fingerprint density at radius 2 is 1.87 bits per heavy atom. The van der Waals surface area contributed by atoms with Crippen LogP contribution in [0.1, 0.15) is 23.6 Å². The molecule has 0 saturated carbocycles. The van der Waals surface area contributed by atoms with Gasteiger partial charge in [-0.1, -0.05) is 60.6 Å². The van der Waals surface area contributed by atoms with Crippen LogP contribution in [0.4, 0.5) is 5.69 Å². The van der Waals surface area contributed by atoms with Gasteiger partial charge in [-0.05, 0) is 55.0 Å². The maximum Gasteiger partial charge on any atom is 0.234 e. The topological polar surface area (TPSA) is 59.8 Å². The van der Waals surface area contributed by atoms with Crippen LogP contribution in [0.3, 0.4) is 0 Å². The van der Waals surface area contributed by atoms with Crippen molar-refractivity contribution in [3.8, 4) is 16.4 Å². The summed E-state index contributed by atoms with van der Waals surface area (Å²) >= 11 is 3.01. The molecule has 2 aromatic carbocycles. The van der Waals surface area contributed by atoms with Crippen molar-refractivity contribution in [2.24, 2.45) is 0 Å². The Balaban J connectivity index is 1.58. The van der Waals surface area contributed by atoms with E-state index in [9.17, 15) is 4.79 Å². The highest BCUT2D eigenvalue weighted by atomic mass is 32.2. The first-order valence-corrected chi connectivity index (χ1v) is 12.0. The van der Waals surface area contributed by atoms with Crippen molar-refractivity contribution >= 4 is 34.7 Å². The summed E-state index contributed by atoms with van der Waals surface area (Å²) in [6.45, 7) is 6.17. The first-order valence-electron chi connectivity index (χ1n) is 10.1. The van der Waals surface area contributed by atoms with Crippen molar-refractivity contribution in [1.82, 2.24) is 14.8 Å². The number of carbonyl (C=O) groups is 1. The number of aromatic nitrogens is 3. The smallest absolute Gasteiger partial charge is 0.234 e. The second-order valence-electron chi connectivity index (χ2n) is 7.25. The lowest BCUT2D eigenvalue weighted by molar-refractivity contribution is -0.113. The van der Waals surface area contributed by atoms with Crippen molar-refractivity contribution < 1.29 is 4.79 Å². The third-order valence-corrected chi connectivity index (χ3v) is 6.80. The lowest BCUT2D eigenvalue weighted by Gasteiger charge is -2.13. The molecule has 5 nitrogen and oxygen atoms in total. The second kappa shape index (κ2) is 9.49. The summed E-state index contributed by atoms with van der Waals surface area (Å²) < 4.78 is 2.02. The fourth-order valence-corrected chi connectivity index (χ4v) is 4.81. The van der Waals surface area contributed by atoms with Crippen molar-refractivity contribution in [3.63, 3.8) is 0 Å². The van der Waals surface area contributed by atoms with Crippen LogP contribution in [0, 0.1) is 13.8 Å². The van der Waals surface area contributed by atoms with Gasteiger partial charge in [-0.3, -0.25) is 9.36 Å².